The summed E-state index contributed by atoms with van der Waals surface area (Å²) in [4.78, 5) is 13.5. The Morgan fingerprint density at radius 1 is 1.33 bits per heavy atom. The van der Waals surface area contributed by atoms with Gasteiger partial charge in [0.2, 0.25) is 0 Å². The molecular formula is C12H22N2O4. The summed E-state index contributed by atoms with van der Waals surface area (Å²) in [7, 11) is 0. The molecule has 0 aromatic rings. The SMILES string of the molecule is CCOCCOCCOC(=O)C(C)N1C=CNC1. The zero-order valence-electron chi connectivity index (χ0n) is 11.1. The number of ether oxygens (including phenoxy) is 3. The number of rotatable bonds is 9. The van der Waals surface area contributed by atoms with Gasteiger partial charge in [0.05, 0.1) is 26.5 Å². The summed E-state index contributed by atoms with van der Waals surface area (Å²) in [6, 6.07) is -0.278. The van der Waals surface area contributed by atoms with Gasteiger partial charge in [-0.3, -0.25) is 0 Å². The van der Waals surface area contributed by atoms with Gasteiger partial charge in [-0.2, -0.15) is 0 Å². The van der Waals surface area contributed by atoms with Gasteiger partial charge >= 0.3 is 5.97 Å². The van der Waals surface area contributed by atoms with Crippen LogP contribution in [0.25, 0.3) is 0 Å². The second kappa shape index (κ2) is 8.77. The standard InChI is InChI=1S/C12H22N2O4/c1-3-16-6-7-17-8-9-18-12(15)11(2)14-5-4-13-10-14/h4-5,11,13H,3,6-10H2,1-2H3. The van der Waals surface area contributed by atoms with E-state index in [4.69, 9.17) is 14.2 Å². The third-order valence-corrected chi connectivity index (χ3v) is 2.54. The first-order valence-electron chi connectivity index (χ1n) is 6.23. The summed E-state index contributed by atoms with van der Waals surface area (Å²) >= 11 is 0. The molecule has 1 heterocycles. The van der Waals surface area contributed by atoms with Gasteiger partial charge < -0.3 is 24.4 Å². The highest BCUT2D eigenvalue weighted by Crippen LogP contribution is 2.04. The molecule has 18 heavy (non-hydrogen) atoms. The fourth-order valence-corrected chi connectivity index (χ4v) is 1.45. The van der Waals surface area contributed by atoms with Crippen molar-refractivity contribution in [1.29, 1.82) is 0 Å². The largest absolute Gasteiger partial charge is 0.462 e. The molecule has 0 spiro atoms. The van der Waals surface area contributed by atoms with Crippen LogP contribution in [0.1, 0.15) is 13.8 Å². The number of hydrogen-bond acceptors (Lipinski definition) is 6. The molecule has 0 amide bonds. The Morgan fingerprint density at radius 2 is 2.06 bits per heavy atom. The van der Waals surface area contributed by atoms with Gasteiger partial charge in [-0.1, -0.05) is 0 Å². The molecule has 0 saturated carbocycles. The molecule has 0 aliphatic carbocycles. The highest BCUT2D eigenvalue weighted by atomic mass is 16.6. The first kappa shape index (κ1) is 14.8. The lowest BCUT2D eigenvalue weighted by Crippen LogP contribution is -2.37. The average Bonchev–Trinajstić information content (AvgIpc) is 2.90. The zero-order chi connectivity index (χ0) is 13.2. The van der Waals surface area contributed by atoms with E-state index in [9.17, 15) is 4.79 Å². The molecule has 1 N–H and O–H groups in total. The monoisotopic (exact) mass is 258 g/mol. The number of hydrogen-bond donors (Lipinski definition) is 1. The summed E-state index contributed by atoms with van der Waals surface area (Å²) in [6.07, 6.45) is 3.64. The molecule has 6 heteroatoms. The Labute approximate surface area is 108 Å². The summed E-state index contributed by atoms with van der Waals surface area (Å²) in [5.41, 5.74) is 0. The van der Waals surface area contributed by atoms with Crippen LogP contribution in [0, 0.1) is 0 Å². The van der Waals surface area contributed by atoms with Gasteiger partial charge in [0, 0.05) is 19.0 Å². The molecule has 0 bridgehead atoms. The quantitative estimate of drug-likeness (QED) is 0.474. The van der Waals surface area contributed by atoms with Gasteiger partial charge in [-0.15, -0.1) is 0 Å². The van der Waals surface area contributed by atoms with Crippen LogP contribution in [0.15, 0.2) is 12.4 Å². The van der Waals surface area contributed by atoms with E-state index in [0.29, 0.717) is 33.1 Å². The number of esters is 1. The van der Waals surface area contributed by atoms with Gasteiger partial charge in [0.1, 0.15) is 12.6 Å². The normalized spacial score (nSPS) is 15.6. The van der Waals surface area contributed by atoms with Crippen LogP contribution in [-0.4, -0.2) is 56.6 Å². The van der Waals surface area contributed by atoms with E-state index in [2.05, 4.69) is 5.32 Å². The Hall–Kier alpha value is -1.27. The van der Waals surface area contributed by atoms with E-state index >= 15 is 0 Å². The maximum Gasteiger partial charge on any atom is 0.328 e. The Morgan fingerprint density at radius 3 is 2.72 bits per heavy atom. The van der Waals surface area contributed by atoms with Gasteiger partial charge in [0.15, 0.2) is 0 Å². The molecule has 1 aliphatic heterocycles. The van der Waals surface area contributed by atoms with Crippen molar-refractivity contribution < 1.29 is 19.0 Å². The molecule has 1 aliphatic rings. The minimum atomic E-state index is -0.278. The minimum Gasteiger partial charge on any atom is -0.462 e. The van der Waals surface area contributed by atoms with Crippen LogP contribution in [0.3, 0.4) is 0 Å². The fraction of sp³-hybridized carbons (Fsp3) is 0.750. The molecule has 1 atom stereocenters. The molecule has 6 nitrogen and oxygen atoms in total. The molecule has 104 valence electrons. The van der Waals surface area contributed by atoms with Gasteiger partial charge in [-0.25, -0.2) is 4.79 Å². The summed E-state index contributed by atoms with van der Waals surface area (Å²) in [5, 5.41) is 3.00. The van der Waals surface area contributed by atoms with Crippen molar-refractivity contribution in [3.05, 3.63) is 12.4 Å². The first-order chi connectivity index (χ1) is 8.75. The second-order valence-electron chi connectivity index (χ2n) is 3.84. The van der Waals surface area contributed by atoms with Crippen LogP contribution in [0.5, 0.6) is 0 Å². The van der Waals surface area contributed by atoms with Crippen LogP contribution in [0.2, 0.25) is 0 Å². The first-order valence-corrected chi connectivity index (χ1v) is 6.23. The lowest BCUT2D eigenvalue weighted by atomic mass is 10.3. The Balaban J connectivity index is 2.01. The van der Waals surface area contributed by atoms with Crippen molar-refractivity contribution >= 4 is 5.97 Å². The van der Waals surface area contributed by atoms with Crippen molar-refractivity contribution in [1.82, 2.24) is 10.2 Å². The second-order valence-corrected chi connectivity index (χ2v) is 3.84. The van der Waals surface area contributed by atoms with Crippen LogP contribution < -0.4 is 5.32 Å². The lowest BCUT2D eigenvalue weighted by Gasteiger charge is -2.21. The van der Waals surface area contributed by atoms with Crippen molar-refractivity contribution in [3.8, 4) is 0 Å². The summed E-state index contributed by atoms with van der Waals surface area (Å²) in [6.45, 7) is 6.86. The maximum absolute atomic E-state index is 11.7. The van der Waals surface area contributed by atoms with Gasteiger partial charge in [-0.05, 0) is 13.8 Å². The van der Waals surface area contributed by atoms with E-state index < -0.39 is 0 Å². The molecule has 1 rings (SSSR count). The molecule has 1 unspecified atom stereocenters. The van der Waals surface area contributed by atoms with E-state index in [1.54, 1.807) is 6.20 Å². The number of carbonyl (C=O) groups excluding carboxylic acids is 1. The summed E-state index contributed by atoms with van der Waals surface area (Å²) in [5.74, 6) is -0.239. The Kier molecular flexibility index (Phi) is 7.20. The maximum atomic E-state index is 11.7. The molecule has 0 fully saturated rings. The number of carbonyl (C=O) groups is 1. The smallest absolute Gasteiger partial charge is 0.328 e. The van der Waals surface area contributed by atoms with E-state index in [1.165, 1.54) is 0 Å². The van der Waals surface area contributed by atoms with Gasteiger partial charge in [0.25, 0.3) is 0 Å². The lowest BCUT2D eigenvalue weighted by molar-refractivity contribution is -0.150. The number of nitrogens with one attached hydrogen (secondary N) is 1. The third-order valence-electron chi connectivity index (χ3n) is 2.54. The fourth-order valence-electron chi connectivity index (χ4n) is 1.45. The Bertz CT molecular complexity index is 271. The third kappa shape index (κ3) is 5.37. The molecule has 0 aromatic carbocycles. The molecule has 0 saturated heterocycles. The van der Waals surface area contributed by atoms with Crippen molar-refractivity contribution in [2.45, 2.75) is 19.9 Å². The highest BCUT2D eigenvalue weighted by molar-refractivity contribution is 5.75. The van der Waals surface area contributed by atoms with E-state index in [0.717, 1.165) is 0 Å². The number of nitrogens with zero attached hydrogens (tertiary/aromatic N) is 1. The zero-order valence-corrected chi connectivity index (χ0v) is 11.1. The van der Waals surface area contributed by atoms with E-state index in [-0.39, 0.29) is 18.6 Å². The van der Waals surface area contributed by atoms with Crippen molar-refractivity contribution in [3.63, 3.8) is 0 Å². The highest BCUT2D eigenvalue weighted by Gasteiger charge is 2.21. The van der Waals surface area contributed by atoms with Crippen molar-refractivity contribution in [2.24, 2.45) is 0 Å². The molecule has 0 radical (unpaired) electrons. The van der Waals surface area contributed by atoms with E-state index in [1.807, 2.05) is 24.9 Å². The predicted molar refractivity (Wildman–Crippen MR) is 66.7 cm³/mol. The minimum absolute atomic E-state index is 0.239. The average molecular weight is 258 g/mol. The topological polar surface area (TPSA) is 60.0 Å². The van der Waals surface area contributed by atoms with Crippen LogP contribution in [-0.2, 0) is 19.0 Å². The van der Waals surface area contributed by atoms with Crippen LogP contribution in [0.4, 0.5) is 0 Å². The summed E-state index contributed by atoms with van der Waals surface area (Å²) < 4.78 is 15.5. The molecule has 0 aromatic heterocycles. The molecular weight excluding hydrogens is 236 g/mol. The van der Waals surface area contributed by atoms with Crippen molar-refractivity contribution in [2.75, 3.05) is 39.7 Å². The predicted octanol–water partition coefficient (Wildman–Crippen LogP) is 0.305. The van der Waals surface area contributed by atoms with Crippen LogP contribution >= 0.6 is 0 Å².